The van der Waals surface area contributed by atoms with Crippen LogP contribution in [-0.2, 0) is 16.0 Å². The third-order valence-corrected chi connectivity index (χ3v) is 2.58. The van der Waals surface area contributed by atoms with Crippen LogP contribution in [0.2, 0.25) is 0 Å². The van der Waals surface area contributed by atoms with E-state index in [-0.39, 0.29) is 12.0 Å². The molecule has 0 aliphatic heterocycles. The van der Waals surface area contributed by atoms with E-state index >= 15 is 0 Å². The van der Waals surface area contributed by atoms with E-state index in [1.54, 1.807) is 6.92 Å². The minimum absolute atomic E-state index is 0.0564. The zero-order chi connectivity index (χ0) is 15.3. The average molecular weight is 283 g/mol. The van der Waals surface area contributed by atoms with E-state index < -0.39 is 36.0 Å². The van der Waals surface area contributed by atoms with Crippen LogP contribution in [0.3, 0.4) is 0 Å². The Morgan fingerprint density at radius 1 is 1.35 bits per heavy atom. The molecule has 0 aromatic heterocycles. The van der Waals surface area contributed by atoms with Crippen LogP contribution in [0, 0.1) is 11.6 Å². The second kappa shape index (κ2) is 6.79. The highest BCUT2D eigenvalue weighted by atomic mass is 19.1. The first kappa shape index (κ1) is 15.8. The van der Waals surface area contributed by atoms with Crippen molar-refractivity contribution in [1.82, 2.24) is 5.32 Å². The highest BCUT2D eigenvalue weighted by Crippen LogP contribution is 2.13. The van der Waals surface area contributed by atoms with Crippen molar-refractivity contribution >= 4 is 11.9 Å². The van der Waals surface area contributed by atoms with E-state index in [9.17, 15) is 18.4 Å². The van der Waals surface area contributed by atoms with E-state index in [0.717, 1.165) is 12.1 Å². The molecule has 20 heavy (non-hydrogen) atoms. The second-order valence-electron chi connectivity index (χ2n) is 4.50. The van der Waals surface area contributed by atoms with Gasteiger partial charge in [0.15, 0.2) is 0 Å². The lowest BCUT2D eigenvalue weighted by Crippen LogP contribution is -2.41. The number of carbonyl (C=O) groups is 2. The number of hydrogen-bond acceptors (Lipinski definition) is 2. The number of amides is 1. The van der Waals surface area contributed by atoms with E-state index in [4.69, 9.17) is 5.11 Å². The summed E-state index contributed by atoms with van der Waals surface area (Å²) in [4.78, 5) is 22.6. The minimum atomic E-state index is -1.23. The lowest BCUT2D eigenvalue weighted by molar-refractivity contribution is -0.141. The molecule has 1 aromatic rings. The minimum Gasteiger partial charge on any atom is -0.480 e. The van der Waals surface area contributed by atoms with E-state index in [2.05, 4.69) is 11.9 Å². The molecule has 0 spiro atoms. The lowest BCUT2D eigenvalue weighted by Gasteiger charge is -2.14. The molecule has 0 aliphatic rings. The van der Waals surface area contributed by atoms with E-state index in [1.165, 1.54) is 6.07 Å². The van der Waals surface area contributed by atoms with Crippen LogP contribution in [0.25, 0.3) is 0 Å². The number of aliphatic carboxylic acids is 1. The fraction of sp³-hybridized carbons (Fsp3) is 0.286. The molecular formula is C14H15F2NO3. The SMILES string of the molecule is C=C(C)C[C@@H](NC(=O)Cc1c(F)cccc1F)C(=O)O. The molecule has 1 amide bonds. The molecule has 2 N–H and O–H groups in total. The summed E-state index contributed by atoms with van der Waals surface area (Å²) in [7, 11) is 0. The Bertz CT molecular complexity index is 523. The van der Waals surface area contributed by atoms with E-state index in [1.807, 2.05) is 0 Å². The number of hydrogen-bond donors (Lipinski definition) is 2. The molecule has 0 bridgehead atoms. The quantitative estimate of drug-likeness (QED) is 0.785. The maximum atomic E-state index is 13.4. The van der Waals surface area contributed by atoms with Gasteiger partial charge in [0.05, 0.1) is 6.42 Å². The van der Waals surface area contributed by atoms with Crippen molar-refractivity contribution in [2.75, 3.05) is 0 Å². The summed E-state index contributed by atoms with van der Waals surface area (Å²) >= 11 is 0. The Kier molecular flexibility index (Phi) is 5.37. The van der Waals surface area contributed by atoms with Gasteiger partial charge in [0.2, 0.25) is 5.91 Å². The lowest BCUT2D eigenvalue weighted by atomic mass is 10.1. The van der Waals surface area contributed by atoms with Crippen molar-refractivity contribution in [2.45, 2.75) is 25.8 Å². The average Bonchev–Trinajstić information content (AvgIpc) is 2.32. The van der Waals surface area contributed by atoms with Crippen molar-refractivity contribution in [3.05, 3.63) is 47.5 Å². The number of rotatable bonds is 6. The van der Waals surface area contributed by atoms with Crippen molar-refractivity contribution < 1.29 is 23.5 Å². The summed E-state index contributed by atoms with van der Waals surface area (Å²) < 4.78 is 26.7. The molecule has 0 saturated carbocycles. The van der Waals surface area contributed by atoms with Crippen LogP contribution >= 0.6 is 0 Å². The Hall–Kier alpha value is -2.24. The van der Waals surface area contributed by atoms with Crippen LogP contribution < -0.4 is 5.32 Å². The number of nitrogens with one attached hydrogen (secondary N) is 1. The molecule has 0 heterocycles. The summed E-state index contributed by atoms with van der Waals surface area (Å²) in [5.41, 5.74) is 0.194. The van der Waals surface area contributed by atoms with Gasteiger partial charge in [0.1, 0.15) is 17.7 Å². The Morgan fingerprint density at radius 3 is 2.35 bits per heavy atom. The van der Waals surface area contributed by atoms with Gasteiger partial charge < -0.3 is 10.4 Å². The molecule has 1 atom stereocenters. The van der Waals surface area contributed by atoms with Crippen LogP contribution in [0.1, 0.15) is 18.9 Å². The van der Waals surface area contributed by atoms with Gasteiger partial charge in [-0.25, -0.2) is 13.6 Å². The largest absolute Gasteiger partial charge is 0.480 e. The summed E-state index contributed by atoms with van der Waals surface area (Å²) in [6.45, 7) is 5.19. The Balaban J connectivity index is 2.76. The van der Waals surface area contributed by atoms with Gasteiger partial charge in [-0.05, 0) is 25.5 Å². The van der Waals surface area contributed by atoms with Crippen molar-refractivity contribution in [1.29, 1.82) is 0 Å². The van der Waals surface area contributed by atoms with E-state index in [0.29, 0.717) is 5.57 Å². The maximum Gasteiger partial charge on any atom is 0.326 e. The summed E-state index contributed by atoms with van der Waals surface area (Å²) in [5.74, 6) is -3.67. The van der Waals surface area contributed by atoms with Crippen LogP contribution in [-0.4, -0.2) is 23.0 Å². The van der Waals surface area contributed by atoms with Crippen LogP contribution in [0.4, 0.5) is 8.78 Å². The molecule has 108 valence electrons. The normalized spacial score (nSPS) is 11.8. The predicted octanol–water partition coefficient (Wildman–Crippen LogP) is 2.04. The van der Waals surface area contributed by atoms with Gasteiger partial charge in [0.25, 0.3) is 0 Å². The van der Waals surface area contributed by atoms with Crippen LogP contribution in [0.5, 0.6) is 0 Å². The number of carboxylic acid groups (broad SMARTS) is 1. The summed E-state index contributed by atoms with van der Waals surface area (Å²) in [6, 6.07) is 2.10. The van der Waals surface area contributed by atoms with Crippen molar-refractivity contribution in [3.63, 3.8) is 0 Å². The number of halogens is 2. The smallest absolute Gasteiger partial charge is 0.326 e. The van der Waals surface area contributed by atoms with Gasteiger partial charge in [-0.1, -0.05) is 11.6 Å². The Labute approximate surface area is 115 Å². The highest BCUT2D eigenvalue weighted by Gasteiger charge is 2.21. The first-order chi connectivity index (χ1) is 9.31. The zero-order valence-electron chi connectivity index (χ0n) is 11.0. The molecule has 0 fully saturated rings. The molecule has 4 nitrogen and oxygen atoms in total. The molecule has 1 aromatic carbocycles. The van der Waals surface area contributed by atoms with Gasteiger partial charge in [-0.2, -0.15) is 0 Å². The first-order valence-corrected chi connectivity index (χ1v) is 5.90. The fourth-order valence-corrected chi connectivity index (χ4v) is 1.66. The molecule has 0 saturated heterocycles. The fourth-order valence-electron chi connectivity index (χ4n) is 1.66. The standard InChI is InChI=1S/C14H15F2NO3/c1-8(2)6-12(14(19)20)17-13(18)7-9-10(15)4-3-5-11(9)16/h3-5,12H,1,6-7H2,2H3,(H,17,18)(H,19,20)/t12-/m1/s1. The molecule has 0 radical (unpaired) electrons. The number of benzene rings is 1. The van der Waals surface area contributed by atoms with Crippen molar-refractivity contribution in [3.8, 4) is 0 Å². The number of carbonyl (C=O) groups excluding carboxylic acids is 1. The molecule has 6 heteroatoms. The van der Waals surface area contributed by atoms with Gasteiger partial charge in [0, 0.05) is 5.56 Å². The molecule has 0 unspecified atom stereocenters. The highest BCUT2D eigenvalue weighted by molar-refractivity contribution is 5.85. The summed E-state index contributed by atoms with van der Waals surface area (Å²) in [5, 5.41) is 11.2. The molecule has 0 aliphatic carbocycles. The van der Waals surface area contributed by atoms with Gasteiger partial charge >= 0.3 is 5.97 Å². The first-order valence-electron chi connectivity index (χ1n) is 5.90. The topological polar surface area (TPSA) is 66.4 Å². The second-order valence-corrected chi connectivity index (χ2v) is 4.50. The Morgan fingerprint density at radius 2 is 1.90 bits per heavy atom. The molecule has 1 rings (SSSR count). The van der Waals surface area contributed by atoms with Gasteiger partial charge in [-0.3, -0.25) is 4.79 Å². The zero-order valence-corrected chi connectivity index (χ0v) is 11.0. The van der Waals surface area contributed by atoms with Crippen LogP contribution in [0.15, 0.2) is 30.4 Å². The summed E-state index contributed by atoms with van der Waals surface area (Å²) in [6.07, 6.45) is -0.501. The molecular weight excluding hydrogens is 268 g/mol. The van der Waals surface area contributed by atoms with Gasteiger partial charge in [-0.15, -0.1) is 6.58 Å². The maximum absolute atomic E-state index is 13.4. The monoisotopic (exact) mass is 283 g/mol. The third-order valence-electron chi connectivity index (χ3n) is 2.58. The predicted molar refractivity (Wildman–Crippen MR) is 69.1 cm³/mol. The number of carboxylic acids is 1. The van der Waals surface area contributed by atoms with Crippen molar-refractivity contribution in [2.24, 2.45) is 0 Å². The third kappa shape index (κ3) is 4.46.